The third kappa shape index (κ3) is 6.71. The van der Waals surface area contributed by atoms with Gasteiger partial charge in [-0.05, 0) is 129 Å². The van der Waals surface area contributed by atoms with Gasteiger partial charge < -0.3 is 9.47 Å². The highest BCUT2D eigenvalue weighted by molar-refractivity contribution is 7.26. The second-order valence-corrected chi connectivity index (χ2v) is 18.3. The van der Waals surface area contributed by atoms with Crippen LogP contribution >= 0.6 is 11.3 Å². The van der Waals surface area contributed by atoms with Gasteiger partial charge in [0.15, 0.2) is 0 Å². The lowest BCUT2D eigenvalue weighted by atomic mass is 9.93. The molecule has 0 saturated carbocycles. The van der Waals surface area contributed by atoms with Gasteiger partial charge in [0.1, 0.15) is 0 Å². The third-order valence-corrected chi connectivity index (χ3v) is 14.6. The molecule has 2 nitrogen and oxygen atoms in total. The van der Waals surface area contributed by atoms with E-state index in [0.29, 0.717) is 0 Å². The maximum atomic E-state index is 2.51. The molecule has 2 heterocycles. The molecule has 0 aliphatic rings. The zero-order chi connectivity index (χ0) is 44.3. The fraction of sp³-hybridized carbons (Fsp3) is 0. The number of aromatic nitrogens is 1. The molecule has 0 aliphatic heterocycles. The van der Waals surface area contributed by atoms with Crippen LogP contribution in [0.1, 0.15) is 0 Å². The van der Waals surface area contributed by atoms with Gasteiger partial charge >= 0.3 is 0 Å². The van der Waals surface area contributed by atoms with Crippen LogP contribution in [0.5, 0.6) is 0 Å². The summed E-state index contributed by atoms with van der Waals surface area (Å²) >= 11 is 1.91. The number of anilines is 3. The van der Waals surface area contributed by atoms with Gasteiger partial charge in [-0.1, -0.05) is 176 Å². The van der Waals surface area contributed by atoms with Crippen molar-refractivity contribution < 1.29 is 0 Å². The van der Waals surface area contributed by atoms with Crippen molar-refractivity contribution in [2.75, 3.05) is 4.90 Å². The second kappa shape index (κ2) is 16.2. The van der Waals surface area contributed by atoms with Crippen molar-refractivity contribution in [3.63, 3.8) is 0 Å². The van der Waals surface area contributed by atoms with Crippen LogP contribution in [0.4, 0.5) is 17.1 Å². The zero-order valence-electron chi connectivity index (χ0n) is 36.6. The predicted octanol–water partition coefficient (Wildman–Crippen LogP) is 18.4. The first kappa shape index (κ1) is 38.9. The highest BCUT2D eigenvalue weighted by Gasteiger charge is 2.24. The molecule has 11 aromatic carbocycles. The topological polar surface area (TPSA) is 8.17 Å². The van der Waals surface area contributed by atoms with Crippen LogP contribution in [0.2, 0.25) is 0 Å². The summed E-state index contributed by atoms with van der Waals surface area (Å²) in [5.41, 5.74) is 16.6. The standard InChI is InChI=1S/C64H42N2S/c1-5-16-43(17-6-1)45-28-34-52(35-29-45)65(50-22-9-3-10-23-50)53-36-30-46(31-37-53)48-32-38-60-59(41-48)62-63(66(60)51-24-11-4-12-25-51)57(55-27-15-21-47-20-13-14-26-54(47)55)42-58-56-40-49(44-18-7-2-8-19-44)33-39-61(56)67-64(58)62/h1-42H. The van der Waals surface area contributed by atoms with E-state index in [1.165, 1.54) is 97.3 Å². The van der Waals surface area contributed by atoms with Crippen LogP contribution in [0, 0.1) is 0 Å². The summed E-state index contributed by atoms with van der Waals surface area (Å²) < 4.78 is 5.11. The lowest BCUT2D eigenvalue weighted by molar-refractivity contribution is 1.18. The summed E-state index contributed by atoms with van der Waals surface area (Å²) in [5.74, 6) is 0. The van der Waals surface area contributed by atoms with Gasteiger partial charge in [-0.2, -0.15) is 0 Å². The van der Waals surface area contributed by atoms with Gasteiger partial charge in [-0.25, -0.2) is 0 Å². The number of thiophene rings is 1. The summed E-state index contributed by atoms with van der Waals surface area (Å²) in [6, 6.07) is 93.0. The Labute approximate surface area is 393 Å². The van der Waals surface area contributed by atoms with Gasteiger partial charge in [-0.15, -0.1) is 11.3 Å². The van der Waals surface area contributed by atoms with Crippen molar-refractivity contribution in [1.82, 2.24) is 4.57 Å². The third-order valence-electron chi connectivity index (χ3n) is 13.4. The number of fused-ring (bicyclic) bond motifs is 8. The SMILES string of the molecule is c1ccc(-c2ccc(N(c3ccccc3)c3ccc(-c4ccc5c(c4)c4c6sc7ccc(-c8ccccc8)cc7c6cc(-c6cccc7ccccc67)c4n5-c4ccccc4)cc3)cc2)cc1. The molecule has 0 atom stereocenters. The molecule has 67 heavy (non-hydrogen) atoms. The van der Waals surface area contributed by atoms with Gasteiger partial charge in [0.05, 0.1) is 11.0 Å². The quantitative estimate of drug-likeness (QED) is 0.148. The molecule has 3 heteroatoms. The maximum Gasteiger partial charge on any atom is 0.0634 e. The lowest BCUT2D eigenvalue weighted by Crippen LogP contribution is -2.09. The largest absolute Gasteiger partial charge is 0.311 e. The smallest absolute Gasteiger partial charge is 0.0634 e. The first-order valence-electron chi connectivity index (χ1n) is 22.9. The van der Waals surface area contributed by atoms with E-state index in [9.17, 15) is 0 Å². The molecule has 0 aliphatic carbocycles. The molecule has 0 unspecified atom stereocenters. The van der Waals surface area contributed by atoms with Crippen molar-refractivity contribution in [1.29, 1.82) is 0 Å². The Morgan fingerprint density at radius 3 is 1.52 bits per heavy atom. The van der Waals surface area contributed by atoms with E-state index < -0.39 is 0 Å². The Balaban J connectivity index is 1.03. The monoisotopic (exact) mass is 870 g/mol. The van der Waals surface area contributed by atoms with E-state index in [2.05, 4.69) is 264 Å². The van der Waals surface area contributed by atoms with Crippen LogP contribution in [0.3, 0.4) is 0 Å². The molecular weight excluding hydrogens is 829 g/mol. The zero-order valence-corrected chi connectivity index (χ0v) is 37.4. The van der Waals surface area contributed by atoms with Crippen LogP contribution in [0.15, 0.2) is 255 Å². The molecule has 0 bridgehead atoms. The van der Waals surface area contributed by atoms with E-state index in [0.717, 1.165) is 22.7 Å². The molecule has 2 aromatic heterocycles. The Bertz CT molecular complexity index is 3920. The highest BCUT2D eigenvalue weighted by Crippen LogP contribution is 2.49. The Hall–Kier alpha value is -8.50. The van der Waals surface area contributed by atoms with Gasteiger partial charge in [0, 0.05) is 59.3 Å². The van der Waals surface area contributed by atoms with Crippen LogP contribution < -0.4 is 4.90 Å². The Morgan fingerprint density at radius 2 is 0.836 bits per heavy atom. The number of hydrogen-bond acceptors (Lipinski definition) is 2. The minimum atomic E-state index is 1.10. The van der Waals surface area contributed by atoms with Crippen LogP contribution in [-0.4, -0.2) is 4.57 Å². The predicted molar refractivity (Wildman–Crippen MR) is 288 cm³/mol. The molecule has 0 radical (unpaired) electrons. The Morgan fingerprint density at radius 1 is 0.328 bits per heavy atom. The van der Waals surface area contributed by atoms with Gasteiger partial charge in [0.2, 0.25) is 0 Å². The molecule has 0 N–H and O–H groups in total. The molecular formula is C64H42N2S. The van der Waals surface area contributed by atoms with E-state index in [1.807, 2.05) is 11.3 Å². The fourth-order valence-corrected chi connectivity index (χ4v) is 11.4. The minimum absolute atomic E-state index is 1.10. The number of benzene rings is 11. The highest BCUT2D eigenvalue weighted by atomic mass is 32.1. The van der Waals surface area contributed by atoms with E-state index in [-0.39, 0.29) is 0 Å². The molecule has 0 spiro atoms. The van der Waals surface area contributed by atoms with Crippen LogP contribution in [0.25, 0.3) is 103 Å². The first-order chi connectivity index (χ1) is 33.2. The van der Waals surface area contributed by atoms with Gasteiger partial charge in [-0.3, -0.25) is 0 Å². The van der Waals surface area contributed by atoms with Crippen LogP contribution in [-0.2, 0) is 0 Å². The number of nitrogens with zero attached hydrogens (tertiary/aromatic N) is 2. The summed E-state index contributed by atoms with van der Waals surface area (Å²) in [7, 11) is 0. The number of rotatable bonds is 8. The Kier molecular flexibility index (Phi) is 9.40. The second-order valence-electron chi connectivity index (χ2n) is 17.3. The molecule has 314 valence electrons. The molecule has 0 fully saturated rings. The molecule has 13 aromatic rings. The summed E-state index contributed by atoms with van der Waals surface area (Å²) in [4.78, 5) is 2.34. The first-order valence-corrected chi connectivity index (χ1v) is 23.7. The van der Waals surface area contributed by atoms with E-state index in [1.54, 1.807) is 0 Å². The molecule has 0 saturated heterocycles. The van der Waals surface area contributed by atoms with Crippen molar-refractivity contribution in [2.45, 2.75) is 0 Å². The van der Waals surface area contributed by atoms with Crippen molar-refractivity contribution in [3.05, 3.63) is 255 Å². The average Bonchev–Trinajstić information content (AvgIpc) is 3.95. The molecule has 0 amide bonds. The van der Waals surface area contributed by atoms with Gasteiger partial charge in [0.25, 0.3) is 0 Å². The van der Waals surface area contributed by atoms with E-state index >= 15 is 0 Å². The van der Waals surface area contributed by atoms with Crippen molar-refractivity contribution >= 4 is 81.1 Å². The fourth-order valence-electron chi connectivity index (χ4n) is 10.2. The number of hydrogen-bond donors (Lipinski definition) is 0. The normalized spacial score (nSPS) is 11.6. The minimum Gasteiger partial charge on any atom is -0.311 e. The van der Waals surface area contributed by atoms with E-state index in [4.69, 9.17) is 0 Å². The maximum absolute atomic E-state index is 2.51. The molecule has 13 rings (SSSR count). The van der Waals surface area contributed by atoms with Crippen molar-refractivity contribution in [2.24, 2.45) is 0 Å². The summed E-state index contributed by atoms with van der Waals surface area (Å²) in [5, 5.41) is 7.58. The number of para-hydroxylation sites is 2. The summed E-state index contributed by atoms with van der Waals surface area (Å²) in [6.07, 6.45) is 0. The lowest BCUT2D eigenvalue weighted by Gasteiger charge is -2.26. The summed E-state index contributed by atoms with van der Waals surface area (Å²) in [6.45, 7) is 0. The van der Waals surface area contributed by atoms with Crippen molar-refractivity contribution in [3.8, 4) is 50.2 Å². The average molecular weight is 871 g/mol.